The smallest absolute Gasteiger partial charge is 0.130 e. The molecule has 90 valence electrons. The average Bonchev–Trinajstić information content (AvgIpc) is 2.80. The van der Waals surface area contributed by atoms with E-state index in [0.29, 0.717) is 12.4 Å². The number of aliphatic hydroxyl groups excluding tert-OH is 1. The van der Waals surface area contributed by atoms with E-state index in [9.17, 15) is 5.11 Å². The van der Waals surface area contributed by atoms with Gasteiger partial charge in [-0.05, 0) is 26.0 Å². The van der Waals surface area contributed by atoms with Crippen LogP contribution in [0.5, 0.6) is 5.75 Å². The van der Waals surface area contributed by atoms with E-state index in [2.05, 4.69) is 5.16 Å². The third-order valence-electron chi connectivity index (χ3n) is 2.49. The van der Waals surface area contributed by atoms with Crippen LogP contribution in [0.25, 0.3) is 0 Å². The van der Waals surface area contributed by atoms with Crippen molar-refractivity contribution in [2.45, 2.75) is 26.6 Å². The van der Waals surface area contributed by atoms with Gasteiger partial charge in [-0.25, -0.2) is 0 Å². The van der Waals surface area contributed by atoms with Crippen molar-refractivity contribution >= 4 is 0 Å². The minimum absolute atomic E-state index is 0.381. The molecule has 1 aromatic carbocycles. The predicted molar refractivity (Wildman–Crippen MR) is 62.6 cm³/mol. The monoisotopic (exact) mass is 233 g/mol. The molecule has 2 aromatic rings. The maximum absolute atomic E-state index is 9.68. The first-order valence-electron chi connectivity index (χ1n) is 5.46. The fourth-order valence-corrected chi connectivity index (χ4v) is 1.58. The number of benzene rings is 1. The largest absolute Gasteiger partial charge is 0.488 e. The maximum atomic E-state index is 9.68. The van der Waals surface area contributed by atoms with E-state index in [1.807, 2.05) is 25.1 Å². The zero-order valence-electron chi connectivity index (χ0n) is 9.88. The van der Waals surface area contributed by atoms with E-state index < -0.39 is 6.10 Å². The van der Waals surface area contributed by atoms with Gasteiger partial charge in [0.05, 0.1) is 12.3 Å². The van der Waals surface area contributed by atoms with E-state index in [1.54, 1.807) is 13.1 Å². The third-order valence-corrected chi connectivity index (χ3v) is 2.49. The Hall–Kier alpha value is -1.81. The minimum Gasteiger partial charge on any atom is -0.488 e. The number of rotatable bonds is 4. The van der Waals surface area contributed by atoms with Crippen LogP contribution in [0.1, 0.15) is 29.7 Å². The fraction of sp³-hybridized carbons (Fsp3) is 0.308. The summed E-state index contributed by atoms with van der Waals surface area (Å²) >= 11 is 0. The van der Waals surface area contributed by atoms with Gasteiger partial charge >= 0.3 is 0 Å². The second-order valence-corrected chi connectivity index (χ2v) is 4.04. The van der Waals surface area contributed by atoms with E-state index >= 15 is 0 Å². The van der Waals surface area contributed by atoms with Crippen LogP contribution in [0, 0.1) is 6.92 Å². The average molecular weight is 233 g/mol. The summed E-state index contributed by atoms with van der Waals surface area (Å²) in [7, 11) is 0. The molecule has 4 heteroatoms. The second-order valence-electron chi connectivity index (χ2n) is 4.04. The predicted octanol–water partition coefficient (Wildman–Crippen LogP) is 2.62. The summed E-state index contributed by atoms with van der Waals surface area (Å²) in [6.07, 6.45) is 2.60. The van der Waals surface area contributed by atoms with E-state index in [-0.39, 0.29) is 0 Å². The summed E-state index contributed by atoms with van der Waals surface area (Å²) in [5, 5.41) is 13.3. The van der Waals surface area contributed by atoms with Gasteiger partial charge in [0.25, 0.3) is 0 Å². The summed E-state index contributed by atoms with van der Waals surface area (Å²) in [5.41, 5.74) is 2.75. The Balaban J connectivity index is 2.14. The van der Waals surface area contributed by atoms with Gasteiger partial charge in [-0.1, -0.05) is 16.8 Å². The zero-order valence-corrected chi connectivity index (χ0v) is 9.88. The lowest BCUT2D eigenvalue weighted by molar-refractivity contribution is 0.190. The molecule has 0 aliphatic carbocycles. The lowest BCUT2D eigenvalue weighted by Crippen LogP contribution is -2.00. The van der Waals surface area contributed by atoms with Crippen molar-refractivity contribution in [3.63, 3.8) is 0 Å². The zero-order chi connectivity index (χ0) is 12.3. The molecule has 2 rings (SSSR count). The molecule has 0 amide bonds. The molecule has 1 N–H and O–H groups in total. The van der Waals surface area contributed by atoms with Crippen LogP contribution in [-0.4, -0.2) is 10.3 Å². The van der Waals surface area contributed by atoms with Gasteiger partial charge in [0.2, 0.25) is 0 Å². The topological polar surface area (TPSA) is 55.5 Å². The molecule has 17 heavy (non-hydrogen) atoms. The first-order chi connectivity index (χ1) is 8.16. The van der Waals surface area contributed by atoms with Crippen LogP contribution < -0.4 is 4.74 Å². The Bertz CT molecular complexity index is 477. The Morgan fingerprint density at radius 1 is 1.47 bits per heavy atom. The second kappa shape index (κ2) is 5.01. The quantitative estimate of drug-likeness (QED) is 0.881. The summed E-state index contributed by atoms with van der Waals surface area (Å²) in [6, 6.07) is 5.74. The highest BCUT2D eigenvalue weighted by molar-refractivity contribution is 5.38. The standard InChI is InChI=1S/C13H15NO3/c1-9-3-4-13(12(5-9)10(2)15)16-7-11-6-14-17-8-11/h3-6,8,10,15H,7H2,1-2H3/t10-/m0/s1. The van der Waals surface area contributed by atoms with Gasteiger partial charge in [0.1, 0.15) is 18.6 Å². The molecule has 1 atom stereocenters. The van der Waals surface area contributed by atoms with Gasteiger partial charge in [-0.2, -0.15) is 0 Å². The van der Waals surface area contributed by atoms with Crippen molar-refractivity contribution in [1.29, 1.82) is 0 Å². The number of aryl methyl sites for hydroxylation is 1. The van der Waals surface area contributed by atoms with Crippen molar-refractivity contribution in [3.05, 3.63) is 47.3 Å². The molecule has 0 saturated carbocycles. The molecule has 0 bridgehead atoms. The first-order valence-corrected chi connectivity index (χ1v) is 5.46. The molecular formula is C13H15NO3. The molecule has 0 aliphatic heterocycles. The molecule has 1 aromatic heterocycles. The molecule has 0 aliphatic rings. The first kappa shape index (κ1) is 11.7. The highest BCUT2D eigenvalue weighted by atomic mass is 16.5. The van der Waals surface area contributed by atoms with Crippen molar-refractivity contribution in [3.8, 4) is 5.75 Å². The molecule has 1 heterocycles. The third kappa shape index (κ3) is 2.85. The summed E-state index contributed by atoms with van der Waals surface area (Å²) < 4.78 is 10.4. The van der Waals surface area contributed by atoms with E-state index in [0.717, 1.165) is 16.7 Å². The molecule has 0 fully saturated rings. The number of aromatic nitrogens is 1. The highest BCUT2D eigenvalue weighted by Gasteiger charge is 2.09. The van der Waals surface area contributed by atoms with Gasteiger partial charge in [0.15, 0.2) is 0 Å². The van der Waals surface area contributed by atoms with Gasteiger partial charge in [0, 0.05) is 11.1 Å². The Morgan fingerprint density at radius 3 is 2.94 bits per heavy atom. The molecule has 0 saturated heterocycles. The number of nitrogens with zero attached hydrogens (tertiary/aromatic N) is 1. The maximum Gasteiger partial charge on any atom is 0.130 e. The van der Waals surface area contributed by atoms with E-state index in [1.165, 1.54) is 6.26 Å². The highest BCUT2D eigenvalue weighted by Crippen LogP contribution is 2.26. The van der Waals surface area contributed by atoms with Gasteiger partial charge < -0.3 is 14.4 Å². The van der Waals surface area contributed by atoms with Crippen LogP contribution in [0.15, 0.2) is 35.2 Å². The van der Waals surface area contributed by atoms with Gasteiger partial charge in [-0.15, -0.1) is 0 Å². The van der Waals surface area contributed by atoms with Crippen LogP contribution in [0.4, 0.5) is 0 Å². The van der Waals surface area contributed by atoms with Crippen LogP contribution in [0.3, 0.4) is 0 Å². The molecular weight excluding hydrogens is 218 g/mol. The lowest BCUT2D eigenvalue weighted by atomic mass is 10.1. The number of ether oxygens (including phenoxy) is 1. The minimum atomic E-state index is -0.549. The van der Waals surface area contributed by atoms with Gasteiger partial charge in [-0.3, -0.25) is 0 Å². The Labute approximate surface area is 99.8 Å². The summed E-state index contributed by atoms with van der Waals surface area (Å²) in [6.45, 7) is 4.09. The molecule has 4 nitrogen and oxygen atoms in total. The number of hydrogen-bond acceptors (Lipinski definition) is 4. The van der Waals surface area contributed by atoms with E-state index in [4.69, 9.17) is 9.26 Å². The number of hydrogen-bond donors (Lipinski definition) is 1. The van der Waals surface area contributed by atoms with Crippen LogP contribution in [-0.2, 0) is 6.61 Å². The van der Waals surface area contributed by atoms with Crippen molar-refractivity contribution in [1.82, 2.24) is 5.16 Å². The molecule has 0 radical (unpaired) electrons. The fourth-order valence-electron chi connectivity index (χ4n) is 1.58. The van der Waals surface area contributed by atoms with Crippen LogP contribution in [0.2, 0.25) is 0 Å². The molecule has 0 spiro atoms. The lowest BCUT2D eigenvalue weighted by Gasteiger charge is -2.13. The van der Waals surface area contributed by atoms with Crippen molar-refractivity contribution in [2.24, 2.45) is 0 Å². The Kier molecular flexibility index (Phi) is 3.44. The SMILES string of the molecule is Cc1ccc(OCc2cnoc2)c([C@H](C)O)c1. The normalized spacial score (nSPS) is 12.4. The Morgan fingerprint density at radius 2 is 2.29 bits per heavy atom. The van der Waals surface area contributed by atoms with Crippen molar-refractivity contribution in [2.75, 3.05) is 0 Å². The summed E-state index contributed by atoms with van der Waals surface area (Å²) in [5.74, 6) is 0.687. The van der Waals surface area contributed by atoms with Crippen molar-refractivity contribution < 1.29 is 14.4 Å². The van der Waals surface area contributed by atoms with Crippen LogP contribution >= 0.6 is 0 Å². The molecule has 0 unspecified atom stereocenters. The summed E-state index contributed by atoms with van der Waals surface area (Å²) in [4.78, 5) is 0. The number of aliphatic hydroxyl groups is 1.